The molecule has 0 radical (unpaired) electrons. The molecule has 2 fully saturated rings. The van der Waals surface area contributed by atoms with Gasteiger partial charge in [-0.15, -0.1) is 0 Å². The van der Waals surface area contributed by atoms with Gasteiger partial charge in [-0.05, 0) is 69.0 Å². The van der Waals surface area contributed by atoms with E-state index in [0.29, 0.717) is 59.1 Å². The van der Waals surface area contributed by atoms with E-state index in [-0.39, 0.29) is 29.9 Å². The number of nitrogens with zero attached hydrogens (tertiary/aromatic N) is 5. The number of hydrogen-bond donors (Lipinski definition) is 2. The number of fused-ring (bicyclic) bond motifs is 2. The monoisotopic (exact) mass is 527 g/mol. The molecule has 2 aliphatic rings. The van der Waals surface area contributed by atoms with Crippen molar-refractivity contribution in [1.82, 2.24) is 24.0 Å². The highest BCUT2D eigenvalue weighted by Gasteiger charge is 2.28. The number of benzene rings is 2. The van der Waals surface area contributed by atoms with E-state index in [1.54, 1.807) is 45.9 Å². The summed E-state index contributed by atoms with van der Waals surface area (Å²) in [6.45, 7) is 5.28. The summed E-state index contributed by atoms with van der Waals surface area (Å²) in [5, 5.41) is 12.5. The number of morpholine rings is 1. The summed E-state index contributed by atoms with van der Waals surface area (Å²) in [7, 11) is 0. The van der Waals surface area contributed by atoms with Gasteiger partial charge in [0.05, 0.1) is 46.7 Å². The number of imidazole rings is 1. The minimum absolute atomic E-state index is 0.124. The lowest BCUT2D eigenvalue weighted by atomic mass is 10.2. The minimum atomic E-state index is -0.450. The Kier molecular flexibility index (Phi) is 6.19. The maximum absolute atomic E-state index is 13.3. The highest BCUT2D eigenvalue weighted by molar-refractivity contribution is 5.92. The highest BCUT2D eigenvalue weighted by Crippen LogP contribution is 2.30. The standard InChI is InChI=1S/C28H29N7O4/c1-16(2)35-23-8-6-19(12-20(23)26(36)34(28(35)38)14-17-3-4-17)30-27(37)33-9-10-39-24(15-33)25-31-21-7-5-18(13-29)11-22(21)32-25/h5-8,11-12,16-17,24H,3-4,9-10,14-15H2,1-2H3,(H,30,37)(H,31,32). The number of carbonyl (C=O) groups is 1. The van der Waals surface area contributed by atoms with Gasteiger partial charge >= 0.3 is 11.7 Å². The van der Waals surface area contributed by atoms with Crippen molar-refractivity contribution in [3.8, 4) is 6.07 Å². The Morgan fingerprint density at radius 3 is 2.79 bits per heavy atom. The van der Waals surface area contributed by atoms with E-state index in [2.05, 4.69) is 21.4 Å². The maximum Gasteiger partial charge on any atom is 0.331 e. The second kappa shape index (κ2) is 9.71. The van der Waals surface area contributed by atoms with Crippen LogP contribution in [0.3, 0.4) is 0 Å². The zero-order valence-electron chi connectivity index (χ0n) is 21.8. The smallest absolute Gasteiger partial charge is 0.331 e. The van der Waals surface area contributed by atoms with Gasteiger partial charge in [0.1, 0.15) is 11.9 Å². The third-order valence-corrected chi connectivity index (χ3v) is 7.36. The molecule has 1 aliphatic carbocycles. The summed E-state index contributed by atoms with van der Waals surface area (Å²) < 4.78 is 8.88. The second-order valence-corrected chi connectivity index (χ2v) is 10.5. The SMILES string of the molecule is CC(C)n1c(=O)n(CC2CC2)c(=O)c2cc(NC(=O)N3CCOC(c4nc5cc(C#N)ccc5[nH]4)C3)ccc21. The molecule has 11 nitrogen and oxygen atoms in total. The molecule has 2 amide bonds. The van der Waals surface area contributed by atoms with Crippen molar-refractivity contribution in [1.29, 1.82) is 5.26 Å². The molecule has 39 heavy (non-hydrogen) atoms. The number of rotatable bonds is 5. The van der Waals surface area contributed by atoms with Crippen molar-refractivity contribution in [2.24, 2.45) is 5.92 Å². The maximum atomic E-state index is 13.3. The average molecular weight is 528 g/mol. The summed E-state index contributed by atoms with van der Waals surface area (Å²) in [6, 6.07) is 12.0. The zero-order valence-corrected chi connectivity index (χ0v) is 21.8. The van der Waals surface area contributed by atoms with Crippen LogP contribution < -0.4 is 16.6 Å². The lowest BCUT2D eigenvalue weighted by molar-refractivity contribution is -0.0175. The van der Waals surface area contributed by atoms with Crippen LogP contribution in [0.1, 0.15) is 50.2 Å². The van der Waals surface area contributed by atoms with Crippen LogP contribution in [0, 0.1) is 17.2 Å². The number of amides is 2. The fourth-order valence-corrected chi connectivity index (χ4v) is 5.13. The summed E-state index contributed by atoms with van der Waals surface area (Å²) in [6.07, 6.45) is 1.60. The number of carbonyl (C=O) groups excluding carboxylic acids is 1. The topological polar surface area (TPSA) is 138 Å². The molecule has 0 spiro atoms. The summed E-state index contributed by atoms with van der Waals surface area (Å²) in [5.74, 6) is 0.955. The van der Waals surface area contributed by atoms with Gasteiger partial charge in [0.2, 0.25) is 0 Å². The van der Waals surface area contributed by atoms with Gasteiger partial charge in [0, 0.05) is 24.8 Å². The third-order valence-electron chi connectivity index (χ3n) is 7.36. The van der Waals surface area contributed by atoms with Gasteiger partial charge in [-0.25, -0.2) is 14.6 Å². The Bertz CT molecular complexity index is 1760. The van der Waals surface area contributed by atoms with Crippen molar-refractivity contribution < 1.29 is 9.53 Å². The first-order valence-electron chi connectivity index (χ1n) is 13.2. The Balaban J connectivity index is 1.24. The van der Waals surface area contributed by atoms with Crippen LogP contribution >= 0.6 is 0 Å². The van der Waals surface area contributed by atoms with Crippen LogP contribution in [0.2, 0.25) is 0 Å². The van der Waals surface area contributed by atoms with Crippen LogP contribution in [0.5, 0.6) is 0 Å². The van der Waals surface area contributed by atoms with Crippen LogP contribution in [0.15, 0.2) is 46.0 Å². The van der Waals surface area contributed by atoms with Gasteiger partial charge in [-0.2, -0.15) is 5.26 Å². The Morgan fingerprint density at radius 1 is 1.23 bits per heavy atom. The van der Waals surface area contributed by atoms with Gasteiger partial charge in [0.15, 0.2) is 0 Å². The van der Waals surface area contributed by atoms with E-state index >= 15 is 0 Å². The first kappa shape index (κ1) is 24.9. The van der Waals surface area contributed by atoms with E-state index < -0.39 is 6.10 Å². The molecule has 1 aliphatic heterocycles. The molecule has 1 saturated carbocycles. The van der Waals surface area contributed by atoms with Crippen molar-refractivity contribution >= 4 is 33.7 Å². The van der Waals surface area contributed by atoms with E-state index in [9.17, 15) is 14.4 Å². The summed E-state index contributed by atoms with van der Waals surface area (Å²) >= 11 is 0. The fourth-order valence-electron chi connectivity index (χ4n) is 5.13. The number of urea groups is 1. The number of nitrogens with one attached hydrogen (secondary N) is 2. The van der Waals surface area contributed by atoms with E-state index in [1.807, 2.05) is 13.8 Å². The number of aromatic amines is 1. The van der Waals surface area contributed by atoms with Crippen LogP contribution in [0.4, 0.5) is 10.5 Å². The molecule has 0 bridgehead atoms. The van der Waals surface area contributed by atoms with Crippen molar-refractivity contribution in [3.63, 3.8) is 0 Å². The van der Waals surface area contributed by atoms with Gasteiger partial charge in [0.25, 0.3) is 5.56 Å². The molecule has 1 atom stereocenters. The predicted octanol–water partition coefficient (Wildman–Crippen LogP) is 3.51. The Labute approximate surface area is 223 Å². The average Bonchev–Trinajstić information content (AvgIpc) is 3.66. The normalized spacial score (nSPS) is 17.6. The van der Waals surface area contributed by atoms with Gasteiger partial charge in [-0.3, -0.25) is 13.9 Å². The van der Waals surface area contributed by atoms with Crippen LogP contribution in [-0.2, 0) is 11.3 Å². The molecule has 2 aromatic carbocycles. The predicted molar refractivity (Wildman–Crippen MR) is 146 cm³/mol. The molecular formula is C28H29N7O4. The Hall–Kier alpha value is -4.43. The Morgan fingerprint density at radius 2 is 2.05 bits per heavy atom. The molecule has 6 rings (SSSR count). The highest BCUT2D eigenvalue weighted by atomic mass is 16.5. The van der Waals surface area contributed by atoms with E-state index in [0.717, 1.165) is 18.4 Å². The van der Waals surface area contributed by atoms with Gasteiger partial charge < -0.3 is 19.9 Å². The molecule has 1 unspecified atom stereocenters. The van der Waals surface area contributed by atoms with Crippen molar-refractivity contribution in [2.45, 2.75) is 45.4 Å². The molecule has 11 heteroatoms. The number of nitriles is 1. The van der Waals surface area contributed by atoms with Gasteiger partial charge in [-0.1, -0.05) is 0 Å². The zero-order chi connectivity index (χ0) is 27.3. The molecule has 3 heterocycles. The lowest BCUT2D eigenvalue weighted by Crippen LogP contribution is -2.44. The number of ether oxygens (including phenoxy) is 1. The number of aromatic nitrogens is 4. The summed E-state index contributed by atoms with van der Waals surface area (Å²) in [5.41, 5.74) is 2.39. The molecule has 1 saturated heterocycles. The third kappa shape index (κ3) is 4.68. The lowest BCUT2D eigenvalue weighted by Gasteiger charge is -2.32. The largest absolute Gasteiger partial charge is 0.367 e. The molecule has 2 aromatic heterocycles. The molecule has 2 N–H and O–H groups in total. The van der Waals surface area contributed by atoms with Crippen molar-refractivity contribution in [3.05, 3.63) is 68.6 Å². The van der Waals surface area contributed by atoms with Crippen LogP contribution in [0.25, 0.3) is 21.9 Å². The number of anilines is 1. The van der Waals surface area contributed by atoms with E-state index in [1.165, 1.54) is 4.57 Å². The number of hydrogen-bond acceptors (Lipinski definition) is 6. The summed E-state index contributed by atoms with van der Waals surface area (Å²) in [4.78, 5) is 49.1. The minimum Gasteiger partial charge on any atom is -0.367 e. The first-order chi connectivity index (χ1) is 18.8. The first-order valence-corrected chi connectivity index (χ1v) is 13.2. The van der Waals surface area contributed by atoms with Crippen LogP contribution in [-0.4, -0.2) is 49.7 Å². The molecular weight excluding hydrogens is 498 g/mol. The van der Waals surface area contributed by atoms with Crippen molar-refractivity contribution in [2.75, 3.05) is 25.0 Å². The molecule has 4 aromatic rings. The quantitative estimate of drug-likeness (QED) is 0.407. The van der Waals surface area contributed by atoms with E-state index in [4.69, 9.17) is 10.00 Å². The fraction of sp³-hybridized carbons (Fsp3) is 0.393. The number of H-pyrrole nitrogens is 1. The molecule has 200 valence electrons. The second-order valence-electron chi connectivity index (χ2n) is 10.5.